The van der Waals surface area contributed by atoms with E-state index in [1.807, 2.05) is 6.07 Å². The maximum Gasteiger partial charge on any atom is 0.268 e. The molecule has 0 saturated carbocycles. The van der Waals surface area contributed by atoms with E-state index in [0.717, 1.165) is 17.8 Å². The minimum absolute atomic E-state index is 0.0622. The van der Waals surface area contributed by atoms with Gasteiger partial charge in [0.2, 0.25) is 5.13 Å². The van der Waals surface area contributed by atoms with Crippen LogP contribution < -0.4 is 14.8 Å². The van der Waals surface area contributed by atoms with Crippen molar-refractivity contribution in [3.8, 4) is 17.6 Å². The van der Waals surface area contributed by atoms with E-state index in [9.17, 15) is 10.1 Å². The highest BCUT2D eigenvalue weighted by molar-refractivity contribution is 7.15. The van der Waals surface area contributed by atoms with Gasteiger partial charge in [-0.05, 0) is 30.7 Å². The van der Waals surface area contributed by atoms with E-state index in [1.54, 1.807) is 25.3 Å². The maximum atomic E-state index is 12.5. The van der Waals surface area contributed by atoms with Gasteiger partial charge in [0.1, 0.15) is 28.1 Å². The third-order valence-corrected chi connectivity index (χ3v) is 5.18. The third kappa shape index (κ3) is 6.88. The highest BCUT2D eigenvalue weighted by Gasteiger charge is 2.14. The van der Waals surface area contributed by atoms with Gasteiger partial charge in [-0.3, -0.25) is 10.1 Å². The molecule has 0 spiro atoms. The van der Waals surface area contributed by atoms with Crippen molar-refractivity contribution >= 4 is 28.5 Å². The van der Waals surface area contributed by atoms with Crippen LogP contribution in [-0.2, 0) is 11.2 Å². The van der Waals surface area contributed by atoms with Crippen LogP contribution in [0, 0.1) is 11.3 Å². The molecule has 8 heteroatoms. The first-order valence-electron chi connectivity index (χ1n) is 9.58. The standard InChI is InChI=1S/C21H26N4O3S/c1-4-5-6-7-8-9-19-24-25-21(29-19)23-20(26)16(14-22)12-15-13-17(27-2)10-11-18(15)28-3/h10-13H,4-9H2,1-3H3,(H,23,25,26)/b16-12-. The Labute approximate surface area is 175 Å². The molecule has 0 atom stereocenters. The predicted molar refractivity (Wildman–Crippen MR) is 114 cm³/mol. The van der Waals surface area contributed by atoms with Crippen LogP contribution in [-0.4, -0.2) is 30.3 Å². The number of anilines is 1. The number of nitrogens with zero attached hydrogens (tertiary/aromatic N) is 3. The van der Waals surface area contributed by atoms with Gasteiger partial charge in [-0.1, -0.05) is 43.9 Å². The summed E-state index contributed by atoms with van der Waals surface area (Å²) in [5.41, 5.74) is 0.511. The van der Waals surface area contributed by atoms with Crippen LogP contribution in [0.15, 0.2) is 23.8 Å². The fourth-order valence-corrected chi connectivity index (χ4v) is 3.48. The molecule has 0 saturated heterocycles. The molecule has 0 aliphatic carbocycles. The van der Waals surface area contributed by atoms with Crippen molar-refractivity contribution < 1.29 is 14.3 Å². The maximum absolute atomic E-state index is 12.5. The highest BCUT2D eigenvalue weighted by atomic mass is 32.1. The fourth-order valence-electron chi connectivity index (χ4n) is 2.71. The number of benzene rings is 1. The van der Waals surface area contributed by atoms with Gasteiger partial charge in [0.15, 0.2) is 0 Å². The van der Waals surface area contributed by atoms with E-state index >= 15 is 0 Å². The lowest BCUT2D eigenvalue weighted by Gasteiger charge is -2.08. The summed E-state index contributed by atoms with van der Waals surface area (Å²) in [6.07, 6.45) is 8.22. The number of carbonyl (C=O) groups is 1. The zero-order valence-corrected chi connectivity index (χ0v) is 17.8. The number of hydrogen-bond acceptors (Lipinski definition) is 7. The lowest BCUT2D eigenvalue weighted by Crippen LogP contribution is -2.13. The summed E-state index contributed by atoms with van der Waals surface area (Å²) >= 11 is 1.34. The van der Waals surface area contributed by atoms with E-state index in [-0.39, 0.29) is 5.57 Å². The highest BCUT2D eigenvalue weighted by Crippen LogP contribution is 2.26. The van der Waals surface area contributed by atoms with Crippen LogP contribution in [0.2, 0.25) is 0 Å². The summed E-state index contributed by atoms with van der Waals surface area (Å²) < 4.78 is 10.5. The Morgan fingerprint density at radius 3 is 2.69 bits per heavy atom. The number of carbonyl (C=O) groups excluding carboxylic acids is 1. The monoisotopic (exact) mass is 414 g/mol. The van der Waals surface area contributed by atoms with Crippen molar-refractivity contribution in [2.45, 2.75) is 45.4 Å². The van der Waals surface area contributed by atoms with Crippen LogP contribution in [0.25, 0.3) is 6.08 Å². The Balaban J connectivity index is 2.04. The average molecular weight is 415 g/mol. The molecular weight excluding hydrogens is 388 g/mol. The number of ether oxygens (including phenoxy) is 2. The quantitative estimate of drug-likeness (QED) is 0.327. The molecule has 0 radical (unpaired) electrons. The number of methoxy groups -OCH3 is 2. The van der Waals surface area contributed by atoms with E-state index in [2.05, 4.69) is 22.4 Å². The Morgan fingerprint density at radius 2 is 2.00 bits per heavy atom. The first-order chi connectivity index (χ1) is 14.1. The first kappa shape index (κ1) is 22.4. The summed E-state index contributed by atoms with van der Waals surface area (Å²) in [4.78, 5) is 12.5. The zero-order valence-electron chi connectivity index (χ0n) is 17.0. The van der Waals surface area contributed by atoms with Crippen molar-refractivity contribution in [1.82, 2.24) is 10.2 Å². The van der Waals surface area contributed by atoms with Gasteiger partial charge in [0, 0.05) is 12.0 Å². The molecular formula is C21H26N4O3S. The Hall–Kier alpha value is -2.92. The average Bonchev–Trinajstić information content (AvgIpc) is 3.18. The summed E-state index contributed by atoms with van der Waals surface area (Å²) in [7, 11) is 3.07. The molecule has 1 N–H and O–H groups in total. The minimum Gasteiger partial charge on any atom is -0.497 e. The van der Waals surface area contributed by atoms with Gasteiger partial charge in [0.25, 0.3) is 5.91 Å². The number of nitriles is 1. The van der Waals surface area contributed by atoms with Crippen LogP contribution in [0.4, 0.5) is 5.13 Å². The number of unbranched alkanes of at least 4 members (excludes halogenated alkanes) is 4. The third-order valence-electron chi connectivity index (χ3n) is 4.28. The first-order valence-corrected chi connectivity index (χ1v) is 10.4. The number of rotatable bonds is 11. The lowest BCUT2D eigenvalue weighted by atomic mass is 10.1. The van der Waals surface area contributed by atoms with Gasteiger partial charge in [-0.2, -0.15) is 5.26 Å². The summed E-state index contributed by atoms with van der Waals surface area (Å²) in [5.74, 6) is 0.595. The minimum atomic E-state index is -0.539. The van der Waals surface area contributed by atoms with Crippen LogP contribution in [0.1, 0.15) is 49.6 Å². The van der Waals surface area contributed by atoms with E-state index in [1.165, 1.54) is 50.2 Å². The normalized spacial score (nSPS) is 11.0. The Bertz CT molecular complexity index is 886. The summed E-state index contributed by atoms with van der Waals surface area (Å²) in [6.45, 7) is 2.19. The molecule has 2 rings (SSSR count). The number of aryl methyl sites for hydroxylation is 1. The summed E-state index contributed by atoms with van der Waals surface area (Å²) in [5, 5.41) is 21.5. The van der Waals surface area contributed by atoms with Crippen LogP contribution in [0.5, 0.6) is 11.5 Å². The van der Waals surface area contributed by atoms with E-state index in [4.69, 9.17) is 9.47 Å². The SMILES string of the molecule is CCCCCCCc1nnc(NC(=O)/C(C#N)=C\c2cc(OC)ccc2OC)s1. The molecule has 154 valence electrons. The van der Waals surface area contributed by atoms with Crippen LogP contribution in [0.3, 0.4) is 0 Å². The largest absolute Gasteiger partial charge is 0.497 e. The molecule has 29 heavy (non-hydrogen) atoms. The second-order valence-corrected chi connectivity index (χ2v) is 7.46. The molecule has 1 amide bonds. The van der Waals surface area contributed by atoms with Gasteiger partial charge in [0.05, 0.1) is 14.2 Å². The number of aromatic nitrogens is 2. The van der Waals surface area contributed by atoms with Crippen LogP contribution >= 0.6 is 11.3 Å². The lowest BCUT2D eigenvalue weighted by molar-refractivity contribution is -0.112. The molecule has 2 aromatic rings. The molecule has 0 unspecified atom stereocenters. The predicted octanol–water partition coefficient (Wildman–Crippen LogP) is 4.61. The van der Waals surface area contributed by atoms with Crippen molar-refractivity contribution in [2.24, 2.45) is 0 Å². The van der Waals surface area contributed by atoms with Crippen molar-refractivity contribution in [1.29, 1.82) is 5.26 Å². The second-order valence-electron chi connectivity index (χ2n) is 6.40. The molecule has 1 aromatic carbocycles. The molecule has 0 aliphatic heterocycles. The number of nitrogens with one attached hydrogen (secondary N) is 1. The molecule has 7 nitrogen and oxygen atoms in total. The van der Waals surface area contributed by atoms with Gasteiger partial charge in [-0.15, -0.1) is 10.2 Å². The van der Waals surface area contributed by atoms with Crippen molar-refractivity contribution in [3.63, 3.8) is 0 Å². The van der Waals surface area contributed by atoms with E-state index < -0.39 is 5.91 Å². The number of amides is 1. The van der Waals surface area contributed by atoms with Gasteiger partial charge in [-0.25, -0.2) is 0 Å². The van der Waals surface area contributed by atoms with E-state index in [0.29, 0.717) is 22.2 Å². The Morgan fingerprint density at radius 1 is 1.21 bits per heavy atom. The smallest absolute Gasteiger partial charge is 0.268 e. The topological polar surface area (TPSA) is 97.1 Å². The van der Waals surface area contributed by atoms with Crippen molar-refractivity contribution in [2.75, 3.05) is 19.5 Å². The molecule has 0 fully saturated rings. The molecule has 0 bridgehead atoms. The molecule has 0 aliphatic rings. The zero-order chi connectivity index (χ0) is 21.1. The molecule has 1 aromatic heterocycles. The molecule has 1 heterocycles. The Kier molecular flexibility index (Phi) is 9.12. The number of hydrogen-bond donors (Lipinski definition) is 1. The summed E-state index contributed by atoms with van der Waals surface area (Å²) in [6, 6.07) is 7.09. The fraction of sp³-hybridized carbons (Fsp3) is 0.429. The van der Waals surface area contributed by atoms with Crippen molar-refractivity contribution in [3.05, 3.63) is 34.3 Å². The van der Waals surface area contributed by atoms with Gasteiger partial charge >= 0.3 is 0 Å². The second kappa shape index (κ2) is 11.8. The van der Waals surface area contributed by atoms with Gasteiger partial charge < -0.3 is 9.47 Å².